The van der Waals surface area contributed by atoms with Gasteiger partial charge in [0.2, 0.25) is 11.8 Å². The van der Waals surface area contributed by atoms with Crippen molar-refractivity contribution in [2.75, 3.05) is 13.1 Å². The number of nitrogens with zero attached hydrogens (tertiary/aromatic N) is 2. The van der Waals surface area contributed by atoms with Crippen molar-refractivity contribution in [1.29, 1.82) is 0 Å². The van der Waals surface area contributed by atoms with Crippen molar-refractivity contribution in [2.45, 2.75) is 58.9 Å². The Labute approximate surface area is 185 Å². The van der Waals surface area contributed by atoms with Crippen LogP contribution < -0.4 is 5.32 Å². The summed E-state index contributed by atoms with van der Waals surface area (Å²) in [5, 5.41) is 3.22. The van der Waals surface area contributed by atoms with Crippen LogP contribution >= 0.6 is 0 Å². The van der Waals surface area contributed by atoms with Gasteiger partial charge in [-0.1, -0.05) is 51.1 Å². The highest BCUT2D eigenvalue weighted by Crippen LogP contribution is 2.37. The molecule has 2 aliphatic rings. The first-order valence-electron chi connectivity index (χ1n) is 11.3. The van der Waals surface area contributed by atoms with Crippen LogP contribution in [0.5, 0.6) is 0 Å². The molecule has 0 radical (unpaired) electrons. The number of rotatable bonds is 6. The average molecular weight is 420 g/mol. The number of likely N-dealkylation sites (tertiary alicyclic amines) is 1. The van der Waals surface area contributed by atoms with Gasteiger partial charge in [0.25, 0.3) is 0 Å². The van der Waals surface area contributed by atoms with Gasteiger partial charge in [0.1, 0.15) is 0 Å². The number of benzene rings is 1. The lowest BCUT2D eigenvalue weighted by Gasteiger charge is -2.29. The summed E-state index contributed by atoms with van der Waals surface area (Å²) < 4.78 is 0. The number of pyridine rings is 1. The lowest BCUT2D eigenvalue weighted by atomic mass is 9.79. The van der Waals surface area contributed by atoms with Crippen molar-refractivity contribution in [1.82, 2.24) is 15.2 Å². The molecule has 2 aromatic rings. The van der Waals surface area contributed by atoms with E-state index >= 15 is 0 Å². The molecule has 1 aromatic heterocycles. The fourth-order valence-corrected chi connectivity index (χ4v) is 4.37. The predicted molar refractivity (Wildman–Crippen MR) is 122 cm³/mol. The molecule has 1 aliphatic carbocycles. The van der Waals surface area contributed by atoms with E-state index in [0.29, 0.717) is 38.4 Å². The Morgan fingerprint density at radius 2 is 1.87 bits per heavy atom. The molecule has 1 aromatic carbocycles. The molecule has 1 N–H and O–H groups in total. The van der Waals surface area contributed by atoms with Crippen LogP contribution in [-0.2, 0) is 16.0 Å². The van der Waals surface area contributed by atoms with Crippen LogP contribution in [-0.4, -0.2) is 40.8 Å². The van der Waals surface area contributed by atoms with E-state index < -0.39 is 5.41 Å². The molecule has 5 heteroatoms. The van der Waals surface area contributed by atoms with Crippen LogP contribution in [0.4, 0.5) is 0 Å². The maximum Gasteiger partial charge on any atom is 0.228 e. The monoisotopic (exact) mass is 419 g/mol. The Morgan fingerprint density at radius 1 is 1.13 bits per heavy atom. The van der Waals surface area contributed by atoms with Crippen LogP contribution in [0, 0.1) is 10.8 Å². The molecular weight excluding hydrogens is 386 g/mol. The minimum Gasteiger partial charge on any atom is -0.353 e. The number of hydrogen-bond donors (Lipinski definition) is 1. The summed E-state index contributed by atoms with van der Waals surface area (Å²) in [6.45, 7) is 7.40. The SMILES string of the molecule is CC(C)(C)CC(=O)N1CCC(Cc2ccc(-c3cccnc3)cc2)(C(=O)NC2CC2)C1. The van der Waals surface area contributed by atoms with Crippen molar-refractivity contribution in [3.05, 3.63) is 54.4 Å². The molecule has 5 nitrogen and oxygen atoms in total. The second-order valence-electron chi connectivity index (χ2n) is 10.4. The molecule has 2 amide bonds. The Balaban J connectivity index is 1.52. The highest BCUT2D eigenvalue weighted by Gasteiger charge is 2.47. The summed E-state index contributed by atoms with van der Waals surface area (Å²) in [7, 11) is 0. The van der Waals surface area contributed by atoms with Crippen LogP contribution in [0.2, 0.25) is 0 Å². The van der Waals surface area contributed by atoms with Gasteiger partial charge in [0.05, 0.1) is 5.41 Å². The molecule has 1 saturated carbocycles. The summed E-state index contributed by atoms with van der Waals surface area (Å²) in [6.07, 6.45) is 7.63. The second-order valence-corrected chi connectivity index (χ2v) is 10.4. The largest absolute Gasteiger partial charge is 0.353 e. The van der Waals surface area contributed by atoms with Crippen LogP contribution in [0.1, 0.15) is 52.0 Å². The minimum atomic E-state index is -0.550. The zero-order chi connectivity index (χ0) is 22.1. The van der Waals surface area contributed by atoms with Crippen molar-refractivity contribution in [2.24, 2.45) is 10.8 Å². The Hall–Kier alpha value is -2.69. The minimum absolute atomic E-state index is 0.0548. The summed E-state index contributed by atoms with van der Waals surface area (Å²) in [6, 6.07) is 12.7. The number of hydrogen-bond acceptors (Lipinski definition) is 3. The fourth-order valence-electron chi connectivity index (χ4n) is 4.37. The molecule has 164 valence electrons. The first kappa shape index (κ1) is 21.5. The Morgan fingerprint density at radius 3 is 2.48 bits per heavy atom. The van der Waals surface area contributed by atoms with Gasteiger partial charge in [-0.15, -0.1) is 0 Å². The number of nitrogens with one attached hydrogen (secondary N) is 1. The zero-order valence-corrected chi connectivity index (χ0v) is 18.9. The van der Waals surface area contributed by atoms with Gasteiger partial charge in [0.15, 0.2) is 0 Å². The topological polar surface area (TPSA) is 62.3 Å². The number of aromatic nitrogens is 1. The van der Waals surface area contributed by atoms with E-state index in [1.54, 1.807) is 6.20 Å². The highest BCUT2D eigenvalue weighted by atomic mass is 16.2. The van der Waals surface area contributed by atoms with Gasteiger partial charge in [-0.2, -0.15) is 0 Å². The lowest BCUT2D eigenvalue weighted by Crippen LogP contribution is -2.46. The third-order valence-corrected chi connectivity index (χ3v) is 6.27. The smallest absolute Gasteiger partial charge is 0.228 e. The van der Waals surface area contributed by atoms with E-state index in [-0.39, 0.29) is 17.2 Å². The average Bonchev–Trinajstić information content (AvgIpc) is 3.44. The quantitative estimate of drug-likeness (QED) is 0.762. The second kappa shape index (κ2) is 8.45. The molecule has 2 heterocycles. The van der Waals surface area contributed by atoms with Crippen molar-refractivity contribution < 1.29 is 9.59 Å². The molecule has 1 saturated heterocycles. The van der Waals surface area contributed by atoms with E-state index in [0.717, 1.165) is 29.5 Å². The number of carbonyl (C=O) groups is 2. The number of amides is 2. The van der Waals surface area contributed by atoms with E-state index in [2.05, 4.69) is 55.3 Å². The lowest BCUT2D eigenvalue weighted by molar-refractivity contribution is -0.134. The first-order valence-corrected chi connectivity index (χ1v) is 11.3. The van der Waals surface area contributed by atoms with E-state index in [1.165, 1.54) is 0 Å². The van der Waals surface area contributed by atoms with Gasteiger partial charge >= 0.3 is 0 Å². The van der Waals surface area contributed by atoms with Crippen LogP contribution in [0.3, 0.4) is 0 Å². The summed E-state index contributed by atoms with van der Waals surface area (Å²) in [5.41, 5.74) is 2.72. The highest BCUT2D eigenvalue weighted by molar-refractivity contribution is 5.86. The summed E-state index contributed by atoms with van der Waals surface area (Å²) >= 11 is 0. The third-order valence-electron chi connectivity index (χ3n) is 6.27. The van der Waals surface area contributed by atoms with Gasteiger partial charge in [-0.05, 0) is 53.9 Å². The maximum atomic E-state index is 13.3. The van der Waals surface area contributed by atoms with Gasteiger partial charge < -0.3 is 10.2 Å². The molecule has 0 spiro atoms. The molecule has 1 atom stereocenters. The standard InChI is InChI=1S/C26H33N3O2/c1-25(2,3)16-23(30)29-14-12-26(18-29,24(31)28-22-10-11-22)15-19-6-8-20(9-7-19)21-5-4-13-27-17-21/h4-9,13,17,22H,10-12,14-16,18H2,1-3H3,(H,28,31). The predicted octanol–water partition coefficient (Wildman–Crippen LogP) is 4.22. The molecular formula is C26H33N3O2. The van der Waals surface area contributed by atoms with Gasteiger partial charge in [-0.25, -0.2) is 0 Å². The van der Waals surface area contributed by atoms with Crippen molar-refractivity contribution in [3.63, 3.8) is 0 Å². The Bertz CT molecular complexity index is 929. The van der Waals surface area contributed by atoms with Gasteiger partial charge in [-0.3, -0.25) is 14.6 Å². The normalized spacial score (nSPS) is 21.2. The molecule has 4 rings (SSSR count). The van der Waals surface area contributed by atoms with Gasteiger partial charge in [0, 0.05) is 37.9 Å². The van der Waals surface area contributed by atoms with E-state index in [4.69, 9.17) is 0 Å². The Kier molecular flexibility index (Phi) is 5.87. The summed E-state index contributed by atoms with van der Waals surface area (Å²) in [5.74, 6) is 0.262. The molecule has 2 fully saturated rings. The van der Waals surface area contributed by atoms with Crippen molar-refractivity contribution >= 4 is 11.8 Å². The van der Waals surface area contributed by atoms with Crippen LogP contribution in [0.25, 0.3) is 11.1 Å². The van der Waals surface area contributed by atoms with E-state index in [9.17, 15) is 9.59 Å². The number of carbonyl (C=O) groups excluding carboxylic acids is 2. The molecule has 0 bridgehead atoms. The van der Waals surface area contributed by atoms with Crippen molar-refractivity contribution in [3.8, 4) is 11.1 Å². The fraction of sp³-hybridized carbons (Fsp3) is 0.500. The molecule has 31 heavy (non-hydrogen) atoms. The van der Waals surface area contributed by atoms with E-state index in [1.807, 2.05) is 23.2 Å². The first-order chi connectivity index (χ1) is 14.7. The summed E-state index contributed by atoms with van der Waals surface area (Å²) in [4.78, 5) is 32.3. The third kappa shape index (κ3) is 5.33. The van der Waals surface area contributed by atoms with Crippen LogP contribution in [0.15, 0.2) is 48.8 Å². The zero-order valence-electron chi connectivity index (χ0n) is 18.9. The molecule has 1 unspecified atom stereocenters. The maximum absolute atomic E-state index is 13.3. The molecule has 1 aliphatic heterocycles.